The van der Waals surface area contributed by atoms with Gasteiger partial charge in [0.05, 0.1) is 11.5 Å². The number of rotatable bonds is 8. The van der Waals surface area contributed by atoms with Gasteiger partial charge in [0, 0.05) is 23.0 Å². The first kappa shape index (κ1) is 24.7. The predicted molar refractivity (Wildman–Crippen MR) is 133 cm³/mol. The average molecular weight is 496 g/mol. The van der Waals surface area contributed by atoms with E-state index in [9.17, 15) is 18.0 Å². The fourth-order valence-corrected chi connectivity index (χ4v) is 6.31. The molecule has 184 valence electrons. The Hall–Kier alpha value is -3.39. The number of Topliss-reactive ketones (excluding diaryl/α,β-unsaturated/α-hetero) is 1. The molecule has 1 aliphatic rings. The Bertz CT molecular complexity index is 1370. The van der Waals surface area contributed by atoms with E-state index in [1.165, 1.54) is 0 Å². The SMILES string of the molecule is Cc1cccc(COc2ccccc2C(=O)OCC(=O)c2cc(C)n([C@H]3CCS(=O)(=O)C3)c2C)c1. The van der Waals surface area contributed by atoms with Crippen molar-refractivity contribution < 1.29 is 27.5 Å². The lowest BCUT2D eigenvalue weighted by atomic mass is 10.1. The maximum atomic E-state index is 12.9. The number of benzene rings is 2. The Balaban J connectivity index is 1.42. The van der Waals surface area contributed by atoms with Crippen molar-refractivity contribution in [3.8, 4) is 5.75 Å². The Morgan fingerprint density at radius 2 is 1.77 bits per heavy atom. The van der Waals surface area contributed by atoms with Crippen LogP contribution in [0.4, 0.5) is 0 Å². The zero-order valence-corrected chi connectivity index (χ0v) is 20.9. The monoisotopic (exact) mass is 495 g/mol. The minimum absolute atomic E-state index is 0.0747. The number of ketones is 1. The maximum absolute atomic E-state index is 12.9. The van der Waals surface area contributed by atoms with E-state index >= 15 is 0 Å². The van der Waals surface area contributed by atoms with E-state index in [0.717, 1.165) is 16.8 Å². The maximum Gasteiger partial charge on any atom is 0.342 e. The lowest BCUT2D eigenvalue weighted by Crippen LogP contribution is -2.17. The minimum Gasteiger partial charge on any atom is -0.488 e. The number of carbonyl (C=O) groups is 2. The number of ether oxygens (including phenoxy) is 2. The summed E-state index contributed by atoms with van der Waals surface area (Å²) in [6.45, 7) is 5.52. The minimum atomic E-state index is -3.06. The molecule has 8 heteroatoms. The molecule has 0 spiro atoms. The van der Waals surface area contributed by atoms with Crippen LogP contribution in [0.15, 0.2) is 54.6 Å². The number of aromatic nitrogens is 1. The lowest BCUT2D eigenvalue weighted by molar-refractivity contribution is 0.0470. The molecule has 35 heavy (non-hydrogen) atoms. The summed E-state index contributed by atoms with van der Waals surface area (Å²) in [5.74, 6) is -0.371. The third kappa shape index (κ3) is 5.65. The number of aryl methyl sites for hydroxylation is 2. The van der Waals surface area contributed by atoms with E-state index in [-0.39, 0.29) is 28.9 Å². The molecule has 1 aromatic heterocycles. The van der Waals surface area contributed by atoms with Gasteiger partial charge in [0.25, 0.3) is 0 Å². The van der Waals surface area contributed by atoms with Gasteiger partial charge in [0.1, 0.15) is 17.9 Å². The quantitative estimate of drug-likeness (QED) is 0.340. The largest absolute Gasteiger partial charge is 0.488 e. The Kier molecular flexibility index (Phi) is 7.12. The molecule has 7 nitrogen and oxygen atoms in total. The van der Waals surface area contributed by atoms with Crippen molar-refractivity contribution in [2.75, 3.05) is 18.1 Å². The number of hydrogen-bond donors (Lipinski definition) is 0. The van der Waals surface area contributed by atoms with Gasteiger partial charge in [-0.1, -0.05) is 42.0 Å². The zero-order valence-electron chi connectivity index (χ0n) is 20.1. The zero-order chi connectivity index (χ0) is 25.2. The molecule has 0 radical (unpaired) electrons. The van der Waals surface area contributed by atoms with Crippen molar-refractivity contribution in [2.24, 2.45) is 0 Å². The fraction of sp³-hybridized carbons (Fsp3) is 0.333. The van der Waals surface area contributed by atoms with Crippen molar-refractivity contribution in [3.63, 3.8) is 0 Å². The van der Waals surface area contributed by atoms with Gasteiger partial charge in [-0.15, -0.1) is 0 Å². The molecule has 0 amide bonds. The highest BCUT2D eigenvalue weighted by Gasteiger charge is 2.31. The van der Waals surface area contributed by atoms with Gasteiger partial charge < -0.3 is 14.0 Å². The second kappa shape index (κ2) is 10.1. The van der Waals surface area contributed by atoms with Gasteiger partial charge in [-0.05, 0) is 51.0 Å². The van der Waals surface area contributed by atoms with E-state index in [4.69, 9.17) is 9.47 Å². The standard InChI is InChI=1S/C27H29NO6S/c1-18-7-6-8-21(13-18)15-33-26-10-5-4-9-23(26)27(30)34-16-25(29)24-14-19(2)28(20(24)3)22-11-12-35(31,32)17-22/h4-10,13-14,22H,11-12,15-17H2,1-3H3/t22-/m0/s1. The number of esters is 1. The van der Waals surface area contributed by atoms with Crippen molar-refractivity contribution in [1.82, 2.24) is 4.57 Å². The summed E-state index contributed by atoms with van der Waals surface area (Å²) >= 11 is 0. The second-order valence-corrected chi connectivity index (χ2v) is 11.2. The van der Waals surface area contributed by atoms with Crippen molar-refractivity contribution in [1.29, 1.82) is 0 Å². The van der Waals surface area contributed by atoms with Crippen LogP contribution in [0, 0.1) is 20.8 Å². The summed E-state index contributed by atoms with van der Waals surface area (Å²) in [7, 11) is -3.06. The Labute approximate surface area is 205 Å². The number of carbonyl (C=O) groups excluding carboxylic acids is 2. The normalized spacial score (nSPS) is 16.7. The highest BCUT2D eigenvalue weighted by molar-refractivity contribution is 7.91. The molecule has 3 aromatic rings. The van der Waals surface area contributed by atoms with Crippen molar-refractivity contribution in [3.05, 3.63) is 88.2 Å². The molecule has 1 aliphatic heterocycles. The summed E-state index contributed by atoms with van der Waals surface area (Å²) in [4.78, 5) is 25.7. The third-order valence-electron chi connectivity index (χ3n) is 6.28. The molecule has 0 aliphatic carbocycles. The summed E-state index contributed by atoms with van der Waals surface area (Å²) in [5.41, 5.74) is 4.28. The van der Waals surface area contributed by atoms with E-state index in [1.807, 2.05) is 42.7 Å². The van der Waals surface area contributed by atoms with Crippen LogP contribution < -0.4 is 4.74 Å². The first-order valence-corrected chi connectivity index (χ1v) is 13.3. The molecule has 1 saturated heterocycles. The predicted octanol–water partition coefficient (Wildman–Crippen LogP) is 4.39. The van der Waals surface area contributed by atoms with E-state index in [2.05, 4.69) is 0 Å². The molecule has 0 saturated carbocycles. The Morgan fingerprint density at radius 3 is 2.49 bits per heavy atom. The van der Waals surface area contributed by atoms with Crippen LogP contribution in [0.2, 0.25) is 0 Å². The van der Waals surface area contributed by atoms with Crippen LogP contribution in [0.1, 0.15) is 55.7 Å². The molecule has 0 unspecified atom stereocenters. The summed E-state index contributed by atoms with van der Waals surface area (Å²) in [6.07, 6.45) is 0.528. The van der Waals surface area contributed by atoms with Crippen LogP contribution in [0.25, 0.3) is 0 Å². The summed E-state index contributed by atoms with van der Waals surface area (Å²) in [6, 6.07) is 16.2. The fourth-order valence-electron chi connectivity index (χ4n) is 4.61. The van der Waals surface area contributed by atoms with Gasteiger partial charge in [-0.2, -0.15) is 0 Å². The summed E-state index contributed by atoms with van der Waals surface area (Å²) in [5, 5.41) is 0. The van der Waals surface area contributed by atoms with Crippen LogP contribution in [-0.4, -0.2) is 42.9 Å². The first-order chi connectivity index (χ1) is 16.6. The van der Waals surface area contributed by atoms with Crippen molar-refractivity contribution in [2.45, 2.75) is 39.8 Å². The van der Waals surface area contributed by atoms with Crippen LogP contribution in [0.5, 0.6) is 5.75 Å². The van der Waals surface area contributed by atoms with Crippen molar-refractivity contribution >= 4 is 21.6 Å². The average Bonchev–Trinajstić information content (AvgIpc) is 3.33. The molecule has 2 aromatic carbocycles. The first-order valence-electron chi connectivity index (χ1n) is 11.5. The lowest BCUT2D eigenvalue weighted by Gasteiger charge is -2.16. The molecule has 0 N–H and O–H groups in total. The number of para-hydroxylation sites is 1. The second-order valence-electron chi connectivity index (χ2n) is 8.98. The molecule has 2 heterocycles. The van der Waals surface area contributed by atoms with Gasteiger partial charge >= 0.3 is 5.97 Å². The Morgan fingerprint density at radius 1 is 1.00 bits per heavy atom. The van der Waals surface area contributed by atoms with Gasteiger partial charge in [-0.3, -0.25) is 4.79 Å². The van der Waals surface area contributed by atoms with Gasteiger partial charge in [0.2, 0.25) is 5.78 Å². The smallest absolute Gasteiger partial charge is 0.342 e. The summed E-state index contributed by atoms with van der Waals surface area (Å²) < 4.78 is 36.9. The van der Waals surface area contributed by atoms with Gasteiger partial charge in [0.15, 0.2) is 16.4 Å². The van der Waals surface area contributed by atoms with E-state index < -0.39 is 22.4 Å². The van der Waals surface area contributed by atoms with Crippen LogP contribution in [-0.2, 0) is 21.2 Å². The van der Waals surface area contributed by atoms with E-state index in [0.29, 0.717) is 30.0 Å². The van der Waals surface area contributed by atoms with Crippen LogP contribution in [0.3, 0.4) is 0 Å². The van der Waals surface area contributed by atoms with Crippen LogP contribution >= 0.6 is 0 Å². The van der Waals surface area contributed by atoms with Gasteiger partial charge in [-0.25, -0.2) is 13.2 Å². The third-order valence-corrected chi connectivity index (χ3v) is 8.03. The highest BCUT2D eigenvalue weighted by atomic mass is 32.2. The molecule has 1 fully saturated rings. The molecular formula is C27H29NO6S. The topological polar surface area (TPSA) is 91.7 Å². The van der Waals surface area contributed by atoms with E-state index in [1.54, 1.807) is 37.3 Å². The number of nitrogens with zero attached hydrogens (tertiary/aromatic N) is 1. The highest BCUT2D eigenvalue weighted by Crippen LogP contribution is 2.29. The molecule has 1 atom stereocenters. The molecular weight excluding hydrogens is 466 g/mol. The number of hydrogen-bond acceptors (Lipinski definition) is 6. The molecule has 0 bridgehead atoms. The number of sulfone groups is 1. The molecule has 4 rings (SSSR count).